The van der Waals surface area contributed by atoms with E-state index in [1.165, 1.54) is 35.7 Å². The molecule has 9 heteroatoms. The first kappa shape index (κ1) is 24.0. The van der Waals surface area contributed by atoms with Gasteiger partial charge in [-0.05, 0) is 61.1 Å². The molecular formula is C25H28N2O6S. The molecular weight excluding hydrogens is 456 g/mol. The van der Waals surface area contributed by atoms with Gasteiger partial charge in [-0.3, -0.25) is 4.79 Å². The molecule has 2 atom stereocenters. The molecule has 0 saturated carbocycles. The third kappa shape index (κ3) is 4.71. The number of hydrogen-bond acceptors (Lipinski definition) is 6. The van der Waals surface area contributed by atoms with Crippen LogP contribution in [0.25, 0.3) is 11.0 Å². The second-order valence-corrected chi connectivity index (χ2v) is 11.0. The number of fused-ring (bicyclic) bond motifs is 1. The number of nitrogens with one attached hydrogen (secondary N) is 1. The van der Waals surface area contributed by atoms with Crippen molar-refractivity contribution < 1.29 is 22.4 Å². The highest BCUT2D eigenvalue weighted by molar-refractivity contribution is 7.89. The number of sulfonamides is 1. The van der Waals surface area contributed by atoms with Crippen molar-refractivity contribution in [2.24, 2.45) is 11.8 Å². The third-order valence-corrected chi connectivity index (χ3v) is 7.94. The Kier molecular flexibility index (Phi) is 6.51. The fraction of sp³-hybridized carbons (Fsp3) is 0.360. The van der Waals surface area contributed by atoms with Crippen LogP contribution < -0.4 is 15.7 Å². The van der Waals surface area contributed by atoms with Gasteiger partial charge in [0.25, 0.3) is 5.91 Å². The summed E-state index contributed by atoms with van der Waals surface area (Å²) in [6.07, 6.45) is 0.969. The van der Waals surface area contributed by atoms with E-state index in [0.717, 1.165) is 17.4 Å². The van der Waals surface area contributed by atoms with Gasteiger partial charge in [-0.25, -0.2) is 13.2 Å². The minimum Gasteiger partial charge on any atom is -0.495 e. The fourth-order valence-electron chi connectivity index (χ4n) is 4.57. The van der Waals surface area contributed by atoms with Crippen LogP contribution in [0.3, 0.4) is 0 Å². The molecule has 1 aliphatic heterocycles. The largest absolute Gasteiger partial charge is 0.495 e. The number of methoxy groups -OCH3 is 1. The van der Waals surface area contributed by atoms with Gasteiger partial charge in [-0.2, -0.15) is 4.31 Å². The summed E-state index contributed by atoms with van der Waals surface area (Å²) < 4.78 is 39.0. The minimum atomic E-state index is -3.86. The van der Waals surface area contributed by atoms with Gasteiger partial charge in [-0.1, -0.05) is 13.8 Å². The van der Waals surface area contributed by atoms with E-state index >= 15 is 0 Å². The molecule has 0 spiro atoms. The zero-order valence-electron chi connectivity index (χ0n) is 19.6. The molecule has 180 valence electrons. The lowest BCUT2D eigenvalue weighted by Crippen LogP contribution is -2.42. The van der Waals surface area contributed by atoms with Gasteiger partial charge in [-0.15, -0.1) is 0 Å². The van der Waals surface area contributed by atoms with Crippen LogP contribution in [0.4, 0.5) is 5.69 Å². The molecule has 2 aromatic carbocycles. The standard InChI is InChI=1S/C25H28N2O6S/c1-15-9-16(2)14-27(13-15)34(30,31)23-11-18(5-8-21(23)32-4)25(29)26-19-6-7-20-17(3)10-24(28)33-22(20)12-19/h5-8,10-12,15-16H,9,13-14H2,1-4H3,(H,26,29). The van der Waals surface area contributed by atoms with E-state index in [4.69, 9.17) is 9.15 Å². The molecule has 0 aliphatic carbocycles. The second-order valence-electron chi connectivity index (χ2n) is 9.05. The maximum atomic E-state index is 13.5. The first-order chi connectivity index (χ1) is 16.1. The third-order valence-electron chi connectivity index (χ3n) is 6.09. The molecule has 1 N–H and O–H groups in total. The summed E-state index contributed by atoms with van der Waals surface area (Å²) in [5, 5.41) is 3.51. The van der Waals surface area contributed by atoms with Crippen molar-refractivity contribution in [1.29, 1.82) is 0 Å². The van der Waals surface area contributed by atoms with E-state index in [1.54, 1.807) is 25.1 Å². The van der Waals surface area contributed by atoms with Crippen LogP contribution in [0, 0.1) is 18.8 Å². The normalized spacial score (nSPS) is 19.2. The lowest BCUT2D eigenvalue weighted by atomic mass is 9.94. The SMILES string of the molecule is COc1ccc(C(=O)Nc2ccc3c(C)cc(=O)oc3c2)cc1S(=O)(=O)N1CC(C)CC(C)C1. The minimum absolute atomic E-state index is 0.0379. The molecule has 2 heterocycles. The second kappa shape index (κ2) is 9.23. The highest BCUT2D eigenvalue weighted by atomic mass is 32.2. The number of aryl methyl sites for hydroxylation is 1. The number of anilines is 1. The molecule has 0 radical (unpaired) electrons. The molecule has 8 nitrogen and oxygen atoms in total. The lowest BCUT2D eigenvalue weighted by molar-refractivity contribution is 0.102. The van der Waals surface area contributed by atoms with E-state index in [2.05, 4.69) is 5.32 Å². The van der Waals surface area contributed by atoms with E-state index in [9.17, 15) is 18.0 Å². The summed E-state index contributed by atoms with van der Waals surface area (Å²) in [5.74, 6) is 0.180. The lowest BCUT2D eigenvalue weighted by Gasteiger charge is -2.34. The van der Waals surface area contributed by atoms with Gasteiger partial charge < -0.3 is 14.5 Å². The van der Waals surface area contributed by atoms with Crippen LogP contribution in [0.15, 0.2) is 56.6 Å². The van der Waals surface area contributed by atoms with Crippen LogP contribution in [0.5, 0.6) is 5.75 Å². The van der Waals surface area contributed by atoms with Crippen LogP contribution in [0.1, 0.15) is 36.2 Å². The molecule has 0 bridgehead atoms. The van der Waals surface area contributed by atoms with Crippen LogP contribution >= 0.6 is 0 Å². The topological polar surface area (TPSA) is 106 Å². The van der Waals surface area contributed by atoms with Crippen molar-refractivity contribution in [1.82, 2.24) is 4.31 Å². The van der Waals surface area contributed by atoms with Crippen molar-refractivity contribution in [2.75, 3.05) is 25.5 Å². The van der Waals surface area contributed by atoms with E-state index in [-0.39, 0.29) is 28.0 Å². The Morgan fingerprint density at radius 2 is 1.79 bits per heavy atom. The van der Waals surface area contributed by atoms with Gasteiger partial charge in [0, 0.05) is 41.9 Å². The number of benzene rings is 2. The predicted molar refractivity (Wildman–Crippen MR) is 130 cm³/mol. The Hall–Kier alpha value is -3.17. The Labute approximate surface area is 198 Å². The fourth-order valence-corrected chi connectivity index (χ4v) is 6.43. The average molecular weight is 485 g/mol. The van der Waals surface area contributed by atoms with Crippen LogP contribution in [-0.2, 0) is 10.0 Å². The molecule has 3 aromatic rings. The van der Waals surface area contributed by atoms with Gasteiger partial charge in [0.1, 0.15) is 16.2 Å². The monoisotopic (exact) mass is 484 g/mol. The van der Waals surface area contributed by atoms with Gasteiger partial charge in [0.2, 0.25) is 10.0 Å². The Balaban J connectivity index is 1.65. The number of piperidine rings is 1. The zero-order chi connectivity index (χ0) is 24.6. The van der Waals surface area contributed by atoms with E-state index in [0.29, 0.717) is 24.4 Å². The molecule has 1 aromatic heterocycles. The molecule has 1 amide bonds. The summed E-state index contributed by atoms with van der Waals surface area (Å²) >= 11 is 0. The van der Waals surface area contributed by atoms with Crippen LogP contribution in [0.2, 0.25) is 0 Å². The van der Waals surface area contributed by atoms with Crippen molar-refractivity contribution in [3.63, 3.8) is 0 Å². The molecule has 1 fully saturated rings. The van der Waals surface area contributed by atoms with Crippen LogP contribution in [-0.4, -0.2) is 38.8 Å². The summed E-state index contributed by atoms with van der Waals surface area (Å²) in [4.78, 5) is 24.6. The van der Waals surface area contributed by atoms with Gasteiger partial charge >= 0.3 is 5.63 Å². The molecule has 1 saturated heterocycles. The summed E-state index contributed by atoms with van der Waals surface area (Å²) in [6.45, 7) is 6.72. The Bertz CT molecular complexity index is 1400. The number of carbonyl (C=O) groups is 1. The number of carbonyl (C=O) groups excluding carboxylic acids is 1. The Morgan fingerprint density at radius 3 is 2.47 bits per heavy atom. The Morgan fingerprint density at radius 1 is 1.09 bits per heavy atom. The molecule has 2 unspecified atom stereocenters. The molecule has 4 rings (SSSR count). The van der Waals surface area contributed by atoms with Crippen molar-refractivity contribution in [2.45, 2.75) is 32.1 Å². The number of rotatable bonds is 5. The first-order valence-electron chi connectivity index (χ1n) is 11.1. The number of ether oxygens (including phenoxy) is 1. The quantitative estimate of drug-likeness (QED) is 0.548. The van der Waals surface area contributed by atoms with E-state index < -0.39 is 21.6 Å². The van der Waals surface area contributed by atoms with Gasteiger partial charge in [0.15, 0.2) is 0 Å². The first-order valence-corrected chi connectivity index (χ1v) is 12.6. The zero-order valence-corrected chi connectivity index (χ0v) is 20.4. The maximum absolute atomic E-state index is 13.5. The smallest absolute Gasteiger partial charge is 0.336 e. The highest BCUT2D eigenvalue weighted by Crippen LogP contribution is 2.32. The van der Waals surface area contributed by atoms with Crippen molar-refractivity contribution >= 4 is 32.6 Å². The van der Waals surface area contributed by atoms with Crippen molar-refractivity contribution in [3.05, 3.63) is 64.0 Å². The molecule has 34 heavy (non-hydrogen) atoms. The summed E-state index contributed by atoms with van der Waals surface area (Å²) in [7, 11) is -2.46. The summed E-state index contributed by atoms with van der Waals surface area (Å²) in [6, 6.07) is 10.8. The predicted octanol–water partition coefficient (Wildman–Crippen LogP) is 4.03. The molecule has 1 aliphatic rings. The average Bonchev–Trinajstić information content (AvgIpc) is 2.77. The number of nitrogens with zero attached hydrogens (tertiary/aromatic N) is 1. The van der Waals surface area contributed by atoms with E-state index in [1.807, 2.05) is 13.8 Å². The number of amides is 1. The maximum Gasteiger partial charge on any atom is 0.336 e. The van der Waals surface area contributed by atoms with Gasteiger partial charge in [0.05, 0.1) is 7.11 Å². The number of hydrogen-bond donors (Lipinski definition) is 1. The highest BCUT2D eigenvalue weighted by Gasteiger charge is 2.34. The van der Waals surface area contributed by atoms with Crippen molar-refractivity contribution in [3.8, 4) is 5.75 Å². The summed E-state index contributed by atoms with van der Waals surface area (Å²) in [5.41, 5.74) is 1.25.